The van der Waals surface area contributed by atoms with Crippen LogP contribution in [0.2, 0.25) is 0 Å². The summed E-state index contributed by atoms with van der Waals surface area (Å²) in [4.78, 5) is 19.7. The predicted octanol–water partition coefficient (Wildman–Crippen LogP) is 3.28. The van der Waals surface area contributed by atoms with E-state index < -0.39 is 5.97 Å². The van der Waals surface area contributed by atoms with Gasteiger partial charge in [0.05, 0.1) is 12.1 Å². The first-order chi connectivity index (χ1) is 9.90. The molecule has 0 unspecified atom stereocenters. The molecule has 1 rings (SSSR count). The molecule has 0 saturated heterocycles. The van der Waals surface area contributed by atoms with Gasteiger partial charge in [0, 0.05) is 17.0 Å². The van der Waals surface area contributed by atoms with E-state index in [9.17, 15) is 4.79 Å². The Balaban J connectivity index is 2.80. The van der Waals surface area contributed by atoms with Gasteiger partial charge in [-0.1, -0.05) is 6.58 Å². The summed E-state index contributed by atoms with van der Waals surface area (Å²) in [5.41, 5.74) is 2.80. The lowest BCUT2D eigenvalue weighted by Crippen LogP contribution is -2.27. The zero-order valence-electron chi connectivity index (χ0n) is 12.4. The van der Waals surface area contributed by atoms with Crippen LogP contribution in [0.3, 0.4) is 0 Å². The van der Waals surface area contributed by atoms with Crippen LogP contribution in [-0.2, 0) is 9.53 Å². The Kier molecular flexibility index (Phi) is 5.51. The van der Waals surface area contributed by atoms with Crippen molar-refractivity contribution in [2.45, 2.75) is 20.8 Å². The summed E-state index contributed by atoms with van der Waals surface area (Å²) in [6.45, 7) is 23.7. The topological polar surface area (TPSA) is 38.3 Å². The van der Waals surface area contributed by atoms with Crippen LogP contribution in [-0.4, -0.2) is 24.0 Å². The first kappa shape index (κ1) is 16.3. The Morgan fingerprint density at radius 3 is 2.24 bits per heavy atom. The van der Waals surface area contributed by atoms with Gasteiger partial charge >= 0.3 is 11.8 Å². The minimum absolute atomic E-state index is 0.0575. The van der Waals surface area contributed by atoms with E-state index in [1.54, 1.807) is 19.1 Å². The SMILES string of the molecule is [C-]#[N+]C([N+]#[C-])=C1C=C(C)N(CCOC(=O)C(=C)C)C(C)=C1. The number of hydrogen-bond donors (Lipinski definition) is 0. The standard InChI is InChI=1S/C16H17N3O2/c1-11(2)16(20)21-8-7-19-12(3)9-14(10-13(19)4)15(17-5)18-6/h9-10H,1,7-8H2,2-4H3. The van der Waals surface area contributed by atoms with Gasteiger partial charge in [0.1, 0.15) is 19.8 Å². The van der Waals surface area contributed by atoms with E-state index in [1.807, 2.05) is 18.7 Å². The van der Waals surface area contributed by atoms with Crippen molar-refractivity contribution in [3.8, 4) is 0 Å². The molecule has 0 aliphatic carbocycles. The minimum atomic E-state index is -0.404. The third-order valence-electron chi connectivity index (χ3n) is 2.95. The third kappa shape index (κ3) is 4.09. The fourth-order valence-corrected chi connectivity index (χ4v) is 1.91. The monoisotopic (exact) mass is 283 g/mol. The summed E-state index contributed by atoms with van der Waals surface area (Å²) in [6, 6.07) is 0. The molecule has 5 nitrogen and oxygen atoms in total. The third-order valence-corrected chi connectivity index (χ3v) is 2.95. The second kappa shape index (κ2) is 7.12. The normalized spacial score (nSPS) is 13.6. The van der Waals surface area contributed by atoms with Crippen molar-refractivity contribution in [3.63, 3.8) is 0 Å². The lowest BCUT2D eigenvalue weighted by molar-refractivity contribution is -0.139. The van der Waals surface area contributed by atoms with Crippen LogP contribution in [0.15, 0.2) is 47.1 Å². The molecule has 0 N–H and O–H groups in total. The highest BCUT2D eigenvalue weighted by molar-refractivity contribution is 5.86. The molecule has 0 atom stereocenters. The summed E-state index contributed by atoms with van der Waals surface area (Å²) in [5.74, 6) is -0.346. The van der Waals surface area contributed by atoms with Crippen molar-refractivity contribution < 1.29 is 9.53 Å². The Labute approximate surface area is 125 Å². The molecular weight excluding hydrogens is 266 g/mol. The molecule has 0 saturated carbocycles. The molecule has 1 aliphatic rings. The van der Waals surface area contributed by atoms with Crippen molar-refractivity contribution in [2.24, 2.45) is 0 Å². The molecule has 0 bridgehead atoms. The molecule has 0 spiro atoms. The van der Waals surface area contributed by atoms with Gasteiger partial charge in [-0.3, -0.25) is 0 Å². The maximum atomic E-state index is 11.3. The molecule has 5 heteroatoms. The van der Waals surface area contributed by atoms with E-state index in [0.717, 1.165) is 11.4 Å². The van der Waals surface area contributed by atoms with E-state index in [4.69, 9.17) is 17.9 Å². The number of allylic oxidation sites excluding steroid dienone is 5. The summed E-state index contributed by atoms with van der Waals surface area (Å²) in [7, 11) is 0. The van der Waals surface area contributed by atoms with Gasteiger partial charge in [0.25, 0.3) is 0 Å². The zero-order chi connectivity index (χ0) is 16.0. The molecule has 0 aromatic rings. The predicted molar refractivity (Wildman–Crippen MR) is 80.2 cm³/mol. The van der Waals surface area contributed by atoms with Crippen molar-refractivity contribution in [3.05, 3.63) is 69.9 Å². The first-order valence-corrected chi connectivity index (χ1v) is 6.36. The quantitative estimate of drug-likeness (QED) is 0.451. The van der Waals surface area contributed by atoms with E-state index in [2.05, 4.69) is 16.3 Å². The minimum Gasteiger partial charge on any atom is -0.460 e. The Morgan fingerprint density at radius 1 is 1.29 bits per heavy atom. The molecule has 0 aromatic heterocycles. The second-order valence-electron chi connectivity index (χ2n) is 4.64. The van der Waals surface area contributed by atoms with Gasteiger partial charge in [0.2, 0.25) is 0 Å². The number of ether oxygens (including phenoxy) is 1. The van der Waals surface area contributed by atoms with Gasteiger partial charge < -0.3 is 9.64 Å². The number of carbonyl (C=O) groups is 1. The van der Waals surface area contributed by atoms with Gasteiger partial charge in [-0.05, 0) is 32.9 Å². The van der Waals surface area contributed by atoms with Gasteiger partial charge in [-0.15, -0.1) is 0 Å². The zero-order valence-corrected chi connectivity index (χ0v) is 12.4. The lowest BCUT2D eigenvalue weighted by Gasteiger charge is -2.29. The van der Waals surface area contributed by atoms with Gasteiger partial charge in [-0.2, -0.15) is 9.69 Å². The summed E-state index contributed by atoms with van der Waals surface area (Å²) in [5, 5.41) is 0. The summed E-state index contributed by atoms with van der Waals surface area (Å²) < 4.78 is 5.08. The Bertz CT molecular complexity index is 601. The number of nitrogens with zero attached hydrogens (tertiary/aromatic N) is 3. The largest absolute Gasteiger partial charge is 0.526 e. The molecule has 0 fully saturated rings. The van der Waals surface area contributed by atoms with Crippen molar-refractivity contribution in [2.75, 3.05) is 13.2 Å². The smallest absolute Gasteiger partial charge is 0.460 e. The molecule has 1 aliphatic heterocycles. The molecule has 1 heterocycles. The highest BCUT2D eigenvalue weighted by atomic mass is 16.5. The number of rotatable bonds is 4. The maximum absolute atomic E-state index is 11.3. The second-order valence-corrected chi connectivity index (χ2v) is 4.64. The van der Waals surface area contributed by atoms with Crippen LogP contribution in [0.1, 0.15) is 20.8 Å². The highest BCUT2D eigenvalue weighted by Gasteiger charge is 2.19. The fourth-order valence-electron chi connectivity index (χ4n) is 1.91. The van der Waals surface area contributed by atoms with Crippen LogP contribution in [0, 0.1) is 13.1 Å². The Hall–Kier alpha value is -2.79. The van der Waals surface area contributed by atoms with Crippen molar-refractivity contribution in [1.82, 2.24) is 4.90 Å². The molecule has 0 amide bonds. The average Bonchev–Trinajstić information content (AvgIpc) is 2.42. The van der Waals surface area contributed by atoms with E-state index in [-0.39, 0.29) is 12.4 Å². The van der Waals surface area contributed by atoms with E-state index in [0.29, 0.717) is 17.7 Å². The van der Waals surface area contributed by atoms with Gasteiger partial charge in [0.15, 0.2) is 0 Å². The van der Waals surface area contributed by atoms with E-state index in [1.165, 1.54) is 0 Å². The Morgan fingerprint density at radius 2 is 1.81 bits per heavy atom. The highest BCUT2D eigenvalue weighted by Crippen LogP contribution is 2.25. The number of esters is 1. The fraction of sp³-hybridized carbons (Fsp3) is 0.312. The molecule has 108 valence electrons. The van der Waals surface area contributed by atoms with Crippen LogP contribution in [0.25, 0.3) is 9.69 Å². The van der Waals surface area contributed by atoms with Crippen molar-refractivity contribution >= 4 is 5.97 Å². The number of hydrogen-bond acceptors (Lipinski definition) is 3. The number of carbonyl (C=O) groups excluding carboxylic acids is 1. The lowest BCUT2D eigenvalue weighted by atomic mass is 10.1. The molecule has 21 heavy (non-hydrogen) atoms. The van der Waals surface area contributed by atoms with Crippen LogP contribution in [0.5, 0.6) is 0 Å². The molecule has 0 radical (unpaired) electrons. The van der Waals surface area contributed by atoms with Crippen LogP contribution < -0.4 is 0 Å². The molecule has 0 aromatic carbocycles. The maximum Gasteiger partial charge on any atom is 0.526 e. The van der Waals surface area contributed by atoms with Gasteiger partial charge in [-0.25, -0.2) is 4.79 Å². The summed E-state index contributed by atoms with van der Waals surface area (Å²) >= 11 is 0. The average molecular weight is 283 g/mol. The van der Waals surface area contributed by atoms with Crippen molar-refractivity contribution in [1.29, 1.82) is 0 Å². The van der Waals surface area contributed by atoms with E-state index >= 15 is 0 Å². The summed E-state index contributed by atoms with van der Waals surface area (Å²) in [6.07, 6.45) is 3.58. The van der Waals surface area contributed by atoms with Crippen LogP contribution >= 0.6 is 0 Å². The molecular formula is C16H17N3O2. The first-order valence-electron chi connectivity index (χ1n) is 6.36. The van der Waals surface area contributed by atoms with Crippen LogP contribution in [0.4, 0.5) is 0 Å².